The Hall–Kier alpha value is -1.83. The molecule has 0 unspecified atom stereocenters. The van der Waals surface area contributed by atoms with Gasteiger partial charge in [0.1, 0.15) is 5.82 Å². The van der Waals surface area contributed by atoms with Crippen molar-refractivity contribution in [1.29, 1.82) is 0 Å². The number of likely N-dealkylation sites (tertiary alicyclic amines) is 1. The molecule has 0 bridgehead atoms. The minimum Gasteiger partial charge on any atom is -0.297 e. The van der Waals surface area contributed by atoms with E-state index >= 15 is 0 Å². The zero-order valence-corrected chi connectivity index (χ0v) is 15.7. The Labute approximate surface area is 154 Å². The van der Waals surface area contributed by atoms with Gasteiger partial charge in [-0.25, -0.2) is 17.5 Å². The summed E-state index contributed by atoms with van der Waals surface area (Å²) in [7, 11) is -3.60. The SMILES string of the molecule is Cc1cc(S(=O)(=O)NCC2CCN(Cc3ccccn3)CC2)ccc1F. The molecule has 2 aromatic rings. The summed E-state index contributed by atoms with van der Waals surface area (Å²) in [5.41, 5.74) is 1.38. The maximum atomic E-state index is 13.3. The van der Waals surface area contributed by atoms with E-state index in [-0.39, 0.29) is 4.90 Å². The fraction of sp³-hybridized carbons (Fsp3) is 0.421. The highest BCUT2D eigenvalue weighted by Gasteiger charge is 2.22. The molecule has 1 saturated heterocycles. The van der Waals surface area contributed by atoms with Gasteiger partial charge in [-0.15, -0.1) is 0 Å². The van der Waals surface area contributed by atoms with Crippen molar-refractivity contribution < 1.29 is 12.8 Å². The quantitative estimate of drug-likeness (QED) is 0.841. The molecule has 0 amide bonds. The Morgan fingerprint density at radius 3 is 2.65 bits per heavy atom. The van der Waals surface area contributed by atoms with E-state index in [9.17, 15) is 12.8 Å². The third kappa shape index (κ3) is 4.87. The molecule has 1 aromatic carbocycles. The van der Waals surface area contributed by atoms with Gasteiger partial charge >= 0.3 is 0 Å². The third-order valence-corrected chi connectivity index (χ3v) is 6.24. The van der Waals surface area contributed by atoms with Gasteiger partial charge in [0.2, 0.25) is 10.0 Å². The number of rotatable bonds is 6. The molecule has 1 N–H and O–H groups in total. The number of aryl methyl sites for hydroxylation is 1. The number of nitrogens with one attached hydrogen (secondary N) is 1. The third-order valence-electron chi connectivity index (χ3n) is 4.82. The van der Waals surface area contributed by atoms with Crippen LogP contribution in [0.1, 0.15) is 24.1 Å². The molecule has 140 valence electrons. The predicted molar refractivity (Wildman–Crippen MR) is 98.6 cm³/mol. The summed E-state index contributed by atoms with van der Waals surface area (Å²) in [5, 5.41) is 0. The van der Waals surface area contributed by atoms with Crippen LogP contribution in [0.5, 0.6) is 0 Å². The van der Waals surface area contributed by atoms with Crippen molar-refractivity contribution in [2.45, 2.75) is 31.2 Å². The van der Waals surface area contributed by atoms with Crippen LogP contribution in [-0.2, 0) is 16.6 Å². The van der Waals surface area contributed by atoms with Crippen LogP contribution in [0.3, 0.4) is 0 Å². The Bertz CT molecular complexity index is 835. The average molecular weight is 377 g/mol. The van der Waals surface area contributed by atoms with E-state index in [2.05, 4.69) is 14.6 Å². The zero-order valence-electron chi connectivity index (χ0n) is 14.9. The summed E-state index contributed by atoms with van der Waals surface area (Å²) in [6, 6.07) is 9.78. The highest BCUT2D eigenvalue weighted by atomic mass is 32.2. The first-order chi connectivity index (χ1) is 12.4. The maximum absolute atomic E-state index is 13.3. The highest BCUT2D eigenvalue weighted by Crippen LogP contribution is 2.19. The van der Waals surface area contributed by atoms with Crippen LogP contribution in [0.2, 0.25) is 0 Å². The monoisotopic (exact) mass is 377 g/mol. The molecule has 0 saturated carbocycles. The molecular weight excluding hydrogens is 353 g/mol. The molecule has 5 nitrogen and oxygen atoms in total. The molecule has 26 heavy (non-hydrogen) atoms. The summed E-state index contributed by atoms with van der Waals surface area (Å²) in [4.78, 5) is 6.81. The smallest absolute Gasteiger partial charge is 0.240 e. The van der Waals surface area contributed by atoms with E-state index in [1.807, 2.05) is 18.2 Å². The fourth-order valence-electron chi connectivity index (χ4n) is 3.16. The van der Waals surface area contributed by atoms with Crippen LogP contribution < -0.4 is 4.72 Å². The lowest BCUT2D eigenvalue weighted by molar-refractivity contribution is 0.177. The van der Waals surface area contributed by atoms with Crippen molar-refractivity contribution >= 4 is 10.0 Å². The van der Waals surface area contributed by atoms with E-state index in [1.54, 1.807) is 13.1 Å². The van der Waals surface area contributed by atoms with Gasteiger partial charge in [0.25, 0.3) is 0 Å². The van der Waals surface area contributed by atoms with Crippen LogP contribution >= 0.6 is 0 Å². The Balaban J connectivity index is 1.49. The first-order valence-corrected chi connectivity index (χ1v) is 10.3. The second-order valence-electron chi connectivity index (χ2n) is 6.80. The van der Waals surface area contributed by atoms with Crippen LogP contribution in [0.25, 0.3) is 0 Å². The van der Waals surface area contributed by atoms with Crippen molar-refractivity contribution in [1.82, 2.24) is 14.6 Å². The van der Waals surface area contributed by atoms with E-state index in [1.165, 1.54) is 18.2 Å². The number of pyridine rings is 1. The minimum absolute atomic E-state index is 0.115. The second kappa shape index (κ2) is 8.24. The normalized spacial score (nSPS) is 16.7. The number of hydrogen-bond donors (Lipinski definition) is 1. The number of sulfonamides is 1. The van der Waals surface area contributed by atoms with Crippen molar-refractivity contribution in [3.8, 4) is 0 Å². The number of benzene rings is 1. The molecule has 0 atom stereocenters. The van der Waals surface area contributed by atoms with E-state index in [0.29, 0.717) is 18.0 Å². The van der Waals surface area contributed by atoms with Crippen LogP contribution in [0.15, 0.2) is 47.5 Å². The molecule has 1 fully saturated rings. The molecule has 3 rings (SSSR count). The Kier molecular flexibility index (Phi) is 6.01. The lowest BCUT2D eigenvalue weighted by atomic mass is 9.97. The molecule has 0 spiro atoms. The standard InChI is InChI=1S/C19H24FN3O2S/c1-15-12-18(5-6-19(15)20)26(24,25)22-13-16-7-10-23(11-8-16)14-17-4-2-3-9-21-17/h2-6,9,12,16,22H,7-8,10-11,13-14H2,1H3. The van der Waals surface area contributed by atoms with Crippen molar-refractivity contribution in [3.05, 3.63) is 59.7 Å². The van der Waals surface area contributed by atoms with E-state index in [0.717, 1.165) is 38.2 Å². The topological polar surface area (TPSA) is 62.3 Å². The second-order valence-corrected chi connectivity index (χ2v) is 8.57. The van der Waals surface area contributed by atoms with Crippen molar-refractivity contribution in [2.75, 3.05) is 19.6 Å². The molecular formula is C19H24FN3O2S. The Morgan fingerprint density at radius 2 is 2.00 bits per heavy atom. The van der Waals surface area contributed by atoms with Crippen molar-refractivity contribution in [3.63, 3.8) is 0 Å². The largest absolute Gasteiger partial charge is 0.297 e. The van der Waals surface area contributed by atoms with Crippen molar-refractivity contribution in [2.24, 2.45) is 5.92 Å². The predicted octanol–water partition coefficient (Wildman–Crippen LogP) is 2.72. The summed E-state index contributed by atoms with van der Waals surface area (Å²) in [5.74, 6) is -0.0875. The Morgan fingerprint density at radius 1 is 1.23 bits per heavy atom. The average Bonchev–Trinajstić information content (AvgIpc) is 2.64. The fourth-order valence-corrected chi connectivity index (χ4v) is 4.37. The summed E-state index contributed by atoms with van der Waals surface area (Å²) in [6.45, 7) is 4.66. The van der Waals surface area contributed by atoms with Gasteiger partial charge in [-0.05, 0) is 74.7 Å². The number of aromatic nitrogens is 1. The molecule has 7 heteroatoms. The van der Waals surface area contributed by atoms with Gasteiger partial charge in [-0.1, -0.05) is 6.07 Å². The highest BCUT2D eigenvalue weighted by molar-refractivity contribution is 7.89. The molecule has 0 aliphatic carbocycles. The van der Waals surface area contributed by atoms with E-state index < -0.39 is 15.8 Å². The van der Waals surface area contributed by atoms with Gasteiger partial charge in [0, 0.05) is 19.3 Å². The van der Waals surface area contributed by atoms with Crippen LogP contribution in [0, 0.1) is 18.7 Å². The van der Waals surface area contributed by atoms with Gasteiger partial charge in [-0.3, -0.25) is 9.88 Å². The minimum atomic E-state index is -3.60. The van der Waals surface area contributed by atoms with Gasteiger partial charge in [0.15, 0.2) is 0 Å². The maximum Gasteiger partial charge on any atom is 0.240 e. The molecule has 1 aliphatic rings. The lowest BCUT2D eigenvalue weighted by Crippen LogP contribution is -2.38. The summed E-state index contributed by atoms with van der Waals surface area (Å²) < 4.78 is 40.8. The molecule has 2 heterocycles. The zero-order chi connectivity index (χ0) is 18.6. The lowest BCUT2D eigenvalue weighted by Gasteiger charge is -2.31. The molecule has 1 aliphatic heterocycles. The van der Waals surface area contributed by atoms with E-state index in [4.69, 9.17) is 0 Å². The first kappa shape index (κ1) is 18.9. The molecule has 0 radical (unpaired) electrons. The molecule has 1 aromatic heterocycles. The van der Waals surface area contributed by atoms with Gasteiger partial charge < -0.3 is 0 Å². The number of halogens is 1. The van der Waals surface area contributed by atoms with Gasteiger partial charge in [-0.2, -0.15) is 0 Å². The summed E-state index contributed by atoms with van der Waals surface area (Å²) in [6.07, 6.45) is 3.68. The number of hydrogen-bond acceptors (Lipinski definition) is 4. The summed E-state index contributed by atoms with van der Waals surface area (Å²) >= 11 is 0. The van der Waals surface area contributed by atoms with Crippen LogP contribution in [-0.4, -0.2) is 37.9 Å². The number of piperidine rings is 1. The van der Waals surface area contributed by atoms with Gasteiger partial charge in [0.05, 0.1) is 10.6 Å². The number of nitrogens with zero attached hydrogens (tertiary/aromatic N) is 2. The van der Waals surface area contributed by atoms with Crippen LogP contribution in [0.4, 0.5) is 4.39 Å². The first-order valence-electron chi connectivity index (χ1n) is 8.82.